The Morgan fingerprint density at radius 1 is 0.441 bits per heavy atom. The van der Waals surface area contributed by atoms with E-state index in [1.54, 1.807) is 5.57 Å². The first kappa shape index (κ1) is 35.5. The molecule has 7 aromatic rings. The smallest absolute Gasteiger partial charge is 0.0682 e. The Balaban J connectivity index is 1.02. The summed E-state index contributed by atoms with van der Waals surface area (Å²) >= 11 is 0. The molecule has 284 valence electrons. The van der Waals surface area contributed by atoms with Crippen LogP contribution in [0.5, 0.6) is 0 Å². The zero-order valence-corrected chi connectivity index (χ0v) is 33.8. The summed E-state index contributed by atoms with van der Waals surface area (Å²) in [4.78, 5) is 2.39. The van der Waals surface area contributed by atoms with Crippen molar-refractivity contribution in [2.45, 2.75) is 50.4 Å². The number of hydrogen-bond acceptors (Lipinski definition) is 1. The maximum absolute atomic E-state index is 2.52. The molecule has 0 atom stereocenters. The highest BCUT2D eigenvalue weighted by atomic mass is 15.1. The van der Waals surface area contributed by atoms with Gasteiger partial charge >= 0.3 is 0 Å². The van der Waals surface area contributed by atoms with E-state index < -0.39 is 0 Å². The van der Waals surface area contributed by atoms with Gasteiger partial charge in [0.15, 0.2) is 0 Å². The van der Waals surface area contributed by atoms with Gasteiger partial charge < -0.3 is 4.90 Å². The number of benzene rings is 7. The number of fused-ring (bicyclic) bond motifs is 8. The molecule has 0 radical (unpaired) electrons. The van der Waals surface area contributed by atoms with Gasteiger partial charge in [-0.05, 0) is 146 Å². The van der Waals surface area contributed by atoms with Crippen molar-refractivity contribution in [3.05, 3.63) is 245 Å². The Morgan fingerprint density at radius 2 is 0.949 bits per heavy atom. The molecule has 0 aliphatic heterocycles. The summed E-state index contributed by atoms with van der Waals surface area (Å²) in [5.41, 5.74) is 22.1. The van der Waals surface area contributed by atoms with E-state index in [-0.39, 0.29) is 10.8 Å². The summed E-state index contributed by atoms with van der Waals surface area (Å²) < 4.78 is 0. The fourth-order valence-electron chi connectivity index (χ4n) is 10.7. The van der Waals surface area contributed by atoms with Crippen LogP contribution in [0.4, 0.5) is 17.1 Å². The van der Waals surface area contributed by atoms with Gasteiger partial charge in [-0.3, -0.25) is 0 Å². The first-order chi connectivity index (χ1) is 29.0. The van der Waals surface area contributed by atoms with Crippen LogP contribution in [-0.2, 0) is 10.8 Å². The van der Waals surface area contributed by atoms with Gasteiger partial charge in [0.25, 0.3) is 0 Å². The van der Waals surface area contributed by atoms with Crippen molar-refractivity contribution in [2.75, 3.05) is 4.90 Å². The first-order valence-corrected chi connectivity index (χ1v) is 21.3. The molecule has 4 aliphatic rings. The normalized spacial score (nSPS) is 16.5. The first-order valence-electron chi connectivity index (χ1n) is 21.3. The van der Waals surface area contributed by atoms with Crippen LogP contribution in [0.2, 0.25) is 0 Å². The van der Waals surface area contributed by atoms with E-state index in [0.717, 1.165) is 42.7 Å². The van der Waals surface area contributed by atoms with Gasteiger partial charge in [-0.1, -0.05) is 172 Å². The highest BCUT2D eigenvalue weighted by Crippen LogP contribution is 2.63. The van der Waals surface area contributed by atoms with Crippen LogP contribution in [-0.4, -0.2) is 0 Å². The zero-order chi connectivity index (χ0) is 39.6. The highest BCUT2D eigenvalue weighted by Gasteiger charge is 2.54. The van der Waals surface area contributed by atoms with Crippen molar-refractivity contribution in [1.82, 2.24) is 0 Å². The van der Waals surface area contributed by atoms with E-state index in [4.69, 9.17) is 0 Å². The third kappa shape index (κ3) is 5.59. The monoisotopic (exact) mass is 757 g/mol. The van der Waals surface area contributed by atoms with Crippen LogP contribution in [0.25, 0.3) is 33.4 Å². The zero-order valence-electron chi connectivity index (χ0n) is 33.8. The third-order valence-corrected chi connectivity index (χ3v) is 13.5. The standard InChI is InChI=1S/C58H47N/c1-57(2)52-21-11-13-23-54(52)58(55-24-14-12-22-53(55)57)51-20-10-9-19-49(51)50-38-31-45(39-56(50)58)44-29-36-48(37-30-44)59(46-32-25-42(26-33-46)40-15-5-3-6-16-40)47-34-27-43(28-35-47)41-17-7-4-8-18-41/h3-7,9,11-17,19,21-39H,8,10,18,20H2,1-2H3. The Hall–Kier alpha value is -6.70. The van der Waals surface area contributed by atoms with Crippen LogP contribution < -0.4 is 4.90 Å². The predicted molar refractivity (Wildman–Crippen MR) is 249 cm³/mol. The molecule has 7 aromatic carbocycles. The van der Waals surface area contributed by atoms with Gasteiger partial charge in [0, 0.05) is 22.5 Å². The van der Waals surface area contributed by atoms with Crippen LogP contribution in [0.3, 0.4) is 0 Å². The van der Waals surface area contributed by atoms with E-state index >= 15 is 0 Å². The Kier molecular flexibility index (Phi) is 8.41. The van der Waals surface area contributed by atoms with E-state index in [0.29, 0.717) is 0 Å². The van der Waals surface area contributed by atoms with Gasteiger partial charge in [-0.25, -0.2) is 0 Å². The molecule has 0 saturated carbocycles. The minimum atomic E-state index is -0.326. The summed E-state index contributed by atoms with van der Waals surface area (Å²) in [5, 5.41) is 0. The Bertz CT molecular complexity index is 2810. The fraction of sp³-hybridized carbons (Fsp3) is 0.138. The third-order valence-electron chi connectivity index (χ3n) is 13.5. The Morgan fingerprint density at radius 3 is 1.54 bits per heavy atom. The quantitative estimate of drug-likeness (QED) is 0.163. The summed E-state index contributed by atoms with van der Waals surface area (Å²) in [6.45, 7) is 4.81. The molecule has 1 spiro atoms. The molecule has 0 aromatic heterocycles. The van der Waals surface area contributed by atoms with Crippen molar-refractivity contribution in [2.24, 2.45) is 0 Å². The maximum atomic E-state index is 2.52. The minimum absolute atomic E-state index is 0.0988. The molecule has 0 bridgehead atoms. The molecule has 0 heterocycles. The van der Waals surface area contributed by atoms with Gasteiger partial charge in [0.2, 0.25) is 0 Å². The molecule has 59 heavy (non-hydrogen) atoms. The average Bonchev–Trinajstić information content (AvgIpc) is 3.60. The predicted octanol–water partition coefficient (Wildman–Crippen LogP) is 15.3. The lowest BCUT2D eigenvalue weighted by atomic mass is 9.54. The molecule has 0 fully saturated rings. The summed E-state index contributed by atoms with van der Waals surface area (Å²) in [5.74, 6) is 0. The number of allylic oxidation sites excluding steroid dienone is 8. The number of hydrogen-bond donors (Lipinski definition) is 0. The molecule has 0 N–H and O–H groups in total. The number of anilines is 3. The second-order valence-electron chi connectivity index (χ2n) is 17.1. The second kappa shape index (κ2) is 14.0. The molecule has 1 heteroatoms. The molecular formula is C58H47N. The van der Waals surface area contributed by atoms with Crippen LogP contribution >= 0.6 is 0 Å². The average molecular weight is 758 g/mol. The maximum Gasteiger partial charge on any atom is 0.0682 e. The summed E-state index contributed by atoms with van der Waals surface area (Å²) in [6.07, 6.45) is 15.8. The van der Waals surface area contributed by atoms with Gasteiger partial charge in [-0.2, -0.15) is 0 Å². The number of rotatable bonds is 6. The molecule has 11 rings (SSSR count). The van der Waals surface area contributed by atoms with Crippen LogP contribution in [0, 0.1) is 0 Å². The topological polar surface area (TPSA) is 3.24 Å². The fourth-order valence-corrected chi connectivity index (χ4v) is 10.7. The molecule has 1 nitrogen and oxygen atoms in total. The van der Waals surface area contributed by atoms with Crippen molar-refractivity contribution < 1.29 is 0 Å². The highest BCUT2D eigenvalue weighted by molar-refractivity contribution is 5.93. The molecule has 4 aliphatic carbocycles. The largest absolute Gasteiger partial charge is 0.311 e. The second-order valence-corrected chi connectivity index (χ2v) is 17.1. The van der Waals surface area contributed by atoms with Crippen molar-refractivity contribution >= 4 is 28.2 Å². The summed E-state index contributed by atoms with van der Waals surface area (Å²) in [6, 6.07) is 63.8. The van der Waals surface area contributed by atoms with Crippen LogP contribution in [0.1, 0.15) is 78.5 Å². The lowest BCUT2D eigenvalue weighted by molar-refractivity contribution is 0.550. The molecule has 0 saturated heterocycles. The van der Waals surface area contributed by atoms with Crippen molar-refractivity contribution in [3.8, 4) is 22.3 Å². The number of nitrogens with zero attached hydrogens (tertiary/aromatic N) is 1. The lowest BCUT2D eigenvalue weighted by Crippen LogP contribution is -2.41. The minimum Gasteiger partial charge on any atom is -0.311 e. The van der Waals surface area contributed by atoms with E-state index in [1.165, 1.54) is 72.3 Å². The van der Waals surface area contributed by atoms with Gasteiger partial charge in [0.05, 0.1) is 5.41 Å². The Labute approximate surface area is 349 Å². The van der Waals surface area contributed by atoms with Gasteiger partial charge in [-0.15, -0.1) is 0 Å². The van der Waals surface area contributed by atoms with Crippen molar-refractivity contribution in [1.29, 1.82) is 0 Å². The van der Waals surface area contributed by atoms with E-state index in [9.17, 15) is 0 Å². The van der Waals surface area contributed by atoms with E-state index in [2.05, 4.69) is 219 Å². The lowest BCUT2D eigenvalue weighted by Gasteiger charge is -2.47. The SMILES string of the molecule is CC1(C)c2ccccc2C2(C3=C(C=CCC3)c3ccc(-c4ccc(N(c5ccc(C6=CC=CCC6)cc5)c5ccc(-c6ccccc6)cc5)cc4)cc32)c2ccccc21. The van der Waals surface area contributed by atoms with Crippen molar-refractivity contribution in [3.63, 3.8) is 0 Å². The van der Waals surface area contributed by atoms with Gasteiger partial charge in [0.1, 0.15) is 0 Å². The molecule has 0 unspecified atom stereocenters. The van der Waals surface area contributed by atoms with Crippen LogP contribution in [0.15, 0.2) is 206 Å². The van der Waals surface area contributed by atoms with E-state index in [1.807, 2.05) is 0 Å². The summed E-state index contributed by atoms with van der Waals surface area (Å²) in [7, 11) is 0. The molecular weight excluding hydrogens is 711 g/mol. The molecule has 0 amide bonds.